The van der Waals surface area contributed by atoms with E-state index in [1.165, 1.54) is 5.56 Å². The fraction of sp³-hybridized carbons (Fsp3) is 0.556. The summed E-state index contributed by atoms with van der Waals surface area (Å²) in [6.45, 7) is 18.2. The van der Waals surface area contributed by atoms with Crippen LogP contribution in [-0.2, 0) is 15.5 Å². The van der Waals surface area contributed by atoms with Crippen molar-refractivity contribution in [2.45, 2.75) is 58.2 Å². The van der Waals surface area contributed by atoms with Crippen molar-refractivity contribution in [2.75, 3.05) is 6.61 Å². The van der Waals surface area contributed by atoms with E-state index in [1.807, 2.05) is 24.3 Å². The van der Waals surface area contributed by atoms with Gasteiger partial charge in [0.05, 0.1) is 13.2 Å². The molecule has 1 rings (SSSR count). The first-order valence-electron chi connectivity index (χ1n) is 7.57. The molecule has 0 unspecified atom stereocenters. The number of hydrogen-bond donors (Lipinski definition) is 0. The van der Waals surface area contributed by atoms with Gasteiger partial charge in [-0.3, -0.25) is 0 Å². The third-order valence-corrected chi connectivity index (χ3v) is 8.74. The van der Waals surface area contributed by atoms with Crippen molar-refractivity contribution in [3.63, 3.8) is 0 Å². The molecule has 0 spiro atoms. The minimum absolute atomic E-state index is 0.0248. The van der Waals surface area contributed by atoms with Gasteiger partial charge in [-0.05, 0) is 5.56 Å². The molecule has 0 aliphatic rings. The Bertz CT molecular complexity index is 427. The molecule has 0 amide bonds. The number of benzene rings is 1. The van der Waals surface area contributed by atoms with Gasteiger partial charge in [0.25, 0.3) is 0 Å². The first kappa shape index (κ1) is 18.1. The van der Waals surface area contributed by atoms with Crippen LogP contribution < -0.4 is 0 Å². The minimum Gasteiger partial charge on any atom is -0.390 e. The van der Waals surface area contributed by atoms with Gasteiger partial charge in [-0.15, -0.1) is 6.58 Å². The standard InChI is InChI=1S/C18H30O2Si/c1-8-14-19-21(17(2,3)4,18(5,6)7)20-15-16-12-10-9-11-13-16/h8-13H,1,14-15H2,2-7H3. The first-order chi connectivity index (χ1) is 9.64. The molecule has 21 heavy (non-hydrogen) atoms. The second-order valence-electron chi connectivity index (χ2n) is 7.49. The first-order valence-corrected chi connectivity index (χ1v) is 9.38. The van der Waals surface area contributed by atoms with E-state index in [2.05, 4.69) is 60.3 Å². The molecule has 2 nitrogen and oxygen atoms in total. The molecule has 0 saturated carbocycles. The van der Waals surface area contributed by atoms with E-state index in [-0.39, 0.29) is 10.1 Å². The summed E-state index contributed by atoms with van der Waals surface area (Å²) in [7, 11) is -2.47. The molecule has 0 bridgehead atoms. The van der Waals surface area contributed by atoms with Crippen LogP contribution in [0.15, 0.2) is 43.0 Å². The van der Waals surface area contributed by atoms with Gasteiger partial charge in [0, 0.05) is 10.1 Å². The Morgan fingerprint density at radius 2 is 1.48 bits per heavy atom. The lowest BCUT2D eigenvalue weighted by atomic mass is 10.2. The van der Waals surface area contributed by atoms with Crippen molar-refractivity contribution >= 4 is 8.56 Å². The van der Waals surface area contributed by atoms with E-state index in [0.29, 0.717) is 13.2 Å². The molecule has 0 atom stereocenters. The molecule has 0 aliphatic heterocycles. The minimum atomic E-state index is -2.47. The van der Waals surface area contributed by atoms with Crippen LogP contribution in [-0.4, -0.2) is 15.2 Å². The highest BCUT2D eigenvalue weighted by Crippen LogP contribution is 2.52. The lowest BCUT2D eigenvalue weighted by Crippen LogP contribution is -2.57. The third kappa shape index (κ3) is 4.28. The topological polar surface area (TPSA) is 18.5 Å². The molecule has 1 aromatic rings. The van der Waals surface area contributed by atoms with E-state index >= 15 is 0 Å². The average molecular weight is 307 g/mol. The van der Waals surface area contributed by atoms with Crippen molar-refractivity contribution in [3.05, 3.63) is 48.6 Å². The quantitative estimate of drug-likeness (QED) is 0.514. The molecule has 0 aliphatic carbocycles. The highest BCUT2D eigenvalue weighted by atomic mass is 28.4. The largest absolute Gasteiger partial charge is 0.390 e. The van der Waals surface area contributed by atoms with Crippen molar-refractivity contribution in [2.24, 2.45) is 0 Å². The Morgan fingerprint density at radius 1 is 0.952 bits per heavy atom. The van der Waals surface area contributed by atoms with Gasteiger partial charge in [0.2, 0.25) is 0 Å². The summed E-state index contributed by atoms with van der Waals surface area (Å²) in [5.41, 5.74) is 1.19. The van der Waals surface area contributed by atoms with Crippen LogP contribution in [0.2, 0.25) is 10.1 Å². The number of rotatable bonds is 6. The van der Waals surface area contributed by atoms with Crippen molar-refractivity contribution < 1.29 is 8.85 Å². The summed E-state index contributed by atoms with van der Waals surface area (Å²) in [5, 5.41) is -0.0495. The summed E-state index contributed by atoms with van der Waals surface area (Å²) in [6, 6.07) is 10.3. The van der Waals surface area contributed by atoms with Crippen LogP contribution in [0.25, 0.3) is 0 Å². The zero-order valence-electron chi connectivity index (χ0n) is 14.4. The predicted octanol–water partition coefficient (Wildman–Crippen LogP) is 5.45. The van der Waals surface area contributed by atoms with Gasteiger partial charge in [-0.2, -0.15) is 0 Å². The second-order valence-corrected chi connectivity index (χ2v) is 12.3. The van der Waals surface area contributed by atoms with Crippen LogP contribution in [0.5, 0.6) is 0 Å². The Morgan fingerprint density at radius 3 is 1.90 bits per heavy atom. The van der Waals surface area contributed by atoms with Crippen LogP contribution in [0.4, 0.5) is 0 Å². The normalized spacial score (nSPS) is 13.2. The van der Waals surface area contributed by atoms with Crippen LogP contribution in [0, 0.1) is 0 Å². The molecule has 0 saturated heterocycles. The smallest absolute Gasteiger partial charge is 0.349 e. The van der Waals surface area contributed by atoms with Crippen LogP contribution in [0.1, 0.15) is 47.1 Å². The lowest BCUT2D eigenvalue weighted by Gasteiger charge is -2.48. The molecule has 0 N–H and O–H groups in total. The van der Waals surface area contributed by atoms with E-state index < -0.39 is 8.56 Å². The summed E-state index contributed by atoms with van der Waals surface area (Å²) >= 11 is 0. The molecule has 3 heteroatoms. The van der Waals surface area contributed by atoms with Gasteiger partial charge in [-0.1, -0.05) is 78.0 Å². The molecule has 0 fully saturated rings. The van der Waals surface area contributed by atoms with E-state index in [4.69, 9.17) is 8.85 Å². The van der Waals surface area contributed by atoms with Gasteiger partial charge in [0.1, 0.15) is 0 Å². The maximum atomic E-state index is 6.52. The van der Waals surface area contributed by atoms with Gasteiger partial charge >= 0.3 is 8.56 Å². The maximum absolute atomic E-state index is 6.52. The molecule has 0 radical (unpaired) electrons. The third-order valence-electron chi connectivity index (χ3n) is 3.66. The fourth-order valence-electron chi connectivity index (χ4n) is 2.97. The highest BCUT2D eigenvalue weighted by molar-refractivity contribution is 6.73. The molecular formula is C18H30O2Si. The average Bonchev–Trinajstić information content (AvgIpc) is 2.37. The van der Waals surface area contributed by atoms with Gasteiger partial charge in [0.15, 0.2) is 0 Å². The van der Waals surface area contributed by atoms with E-state index in [9.17, 15) is 0 Å². The molecule has 1 aromatic carbocycles. The lowest BCUT2D eigenvalue weighted by molar-refractivity contribution is 0.130. The van der Waals surface area contributed by atoms with Crippen LogP contribution >= 0.6 is 0 Å². The SMILES string of the molecule is C=CCO[Si](OCc1ccccc1)(C(C)(C)C)C(C)(C)C. The Labute approximate surface area is 131 Å². The Balaban J connectivity index is 3.07. The molecule has 0 heterocycles. The number of hydrogen-bond acceptors (Lipinski definition) is 2. The Hall–Kier alpha value is -0.903. The van der Waals surface area contributed by atoms with Crippen LogP contribution in [0.3, 0.4) is 0 Å². The van der Waals surface area contributed by atoms with Crippen molar-refractivity contribution in [3.8, 4) is 0 Å². The Kier molecular flexibility index (Phi) is 5.97. The maximum Gasteiger partial charge on any atom is 0.349 e. The molecular weight excluding hydrogens is 276 g/mol. The second kappa shape index (κ2) is 6.90. The summed E-state index contributed by atoms with van der Waals surface area (Å²) in [6.07, 6.45) is 1.81. The van der Waals surface area contributed by atoms with E-state index in [1.54, 1.807) is 0 Å². The fourth-order valence-corrected chi connectivity index (χ4v) is 7.76. The van der Waals surface area contributed by atoms with Gasteiger partial charge < -0.3 is 8.85 Å². The van der Waals surface area contributed by atoms with Crippen molar-refractivity contribution in [1.29, 1.82) is 0 Å². The zero-order chi connectivity index (χ0) is 16.1. The highest BCUT2D eigenvalue weighted by Gasteiger charge is 2.58. The summed E-state index contributed by atoms with van der Waals surface area (Å²) < 4.78 is 12.8. The monoisotopic (exact) mass is 306 g/mol. The predicted molar refractivity (Wildman–Crippen MR) is 92.6 cm³/mol. The van der Waals surface area contributed by atoms with Gasteiger partial charge in [-0.25, -0.2) is 0 Å². The van der Waals surface area contributed by atoms with Crippen molar-refractivity contribution in [1.82, 2.24) is 0 Å². The summed E-state index contributed by atoms with van der Waals surface area (Å²) in [4.78, 5) is 0. The van der Waals surface area contributed by atoms with E-state index in [0.717, 1.165) is 0 Å². The molecule has 0 aromatic heterocycles. The molecule has 118 valence electrons. The summed E-state index contributed by atoms with van der Waals surface area (Å²) in [5.74, 6) is 0. The zero-order valence-corrected chi connectivity index (χ0v) is 15.4.